The molecule has 2 N–H and O–H groups in total. The molecule has 14 heavy (non-hydrogen) atoms. The quantitative estimate of drug-likeness (QED) is 0.650. The van der Waals surface area contributed by atoms with E-state index in [9.17, 15) is 0 Å². The summed E-state index contributed by atoms with van der Waals surface area (Å²) < 4.78 is 5.18. The van der Waals surface area contributed by atoms with Crippen molar-refractivity contribution in [3.8, 4) is 0 Å². The molecular weight excluding hydrogens is 176 g/mol. The predicted molar refractivity (Wildman–Crippen MR) is 57.1 cm³/mol. The molecule has 1 heterocycles. The monoisotopic (exact) mass is 190 g/mol. The average molecular weight is 190 g/mol. The van der Waals surface area contributed by atoms with Crippen molar-refractivity contribution >= 4 is 16.8 Å². The first-order valence-corrected chi connectivity index (χ1v) is 4.62. The Morgan fingerprint density at radius 2 is 2.00 bits per heavy atom. The van der Waals surface area contributed by atoms with E-state index >= 15 is 0 Å². The highest BCUT2D eigenvalue weighted by Gasteiger charge is 2.16. The molecule has 0 amide bonds. The summed E-state index contributed by atoms with van der Waals surface area (Å²) in [5, 5.41) is 0. The molecule has 0 saturated carbocycles. The lowest BCUT2D eigenvalue weighted by atomic mass is 9.86. The van der Waals surface area contributed by atoms with Crippen molar-refractivity contribution in [3.63, 3.8) is 0 Å². The number of hydrogen-bond acceptors (Lipinski definition) is 3. The summed E-state index contributed by atoms with van der Waals surface area (Å²) in [4.78, 5) is 4.11. The predicted octanol–water partition coefficient (Wildman–Crippen LogP) is 2.71. The van der Waals surface area contributed by atoms with E-state index in [-0.39, 0.29) is 5.41 Å². The maximum absolute atomic E-state index is 5.86. The van der Waals surface area contributed by atoms with Crippen molar-refractivity contribution in [1.29, 1.82) is 0 Å². The van der Waals surface area contributed by atoms with E-state index in [2.05, 4.69) is 25.8 Å². The third-order valence-electron chi connectivity index (χ3n) is 2.33. The maximum Gasteiger partial charge on any atom is 0.182 e. The highest BCUT2D eigenvalue weighted by molar-refractivity contribution is 5.85. The minimum absolute atomic E-state index is 0.0846. The van der Waals surface area contributed by atoms with Crippen molar-refractivity contribution in [3.05, 3.63) is 24.1 Å². The van der Waals surface area contributed by atoms with Crippen LogP contribution in [-0.2, 0) is 5.41 Å². The molecule has 0 unspecified atom stereocenters. The van der Waals surface area contributed by atoms with Gasteiger partial charge in [0.25, 0.3) is 0 Å². The second-order valence-electron chi connectivity index (χ2n) is 4.52. The zero-order chi connectivity index (χ0) is 10.3. The summed E-state index contributed by atoms with van der Waals surface area (Å²) >= 11 is 0. The number of nitrogen functional groups attached to an aromatic ring is 1. The van der Waals surface area contributed by atoms with Gasteiger partial charge in [0.05, 0.1) is 5.69 Å². The second kappa shape index (κ2) is 2.74. The number of benzene rings is 1. The fourth-order valence-electron chi connectivity index (χ4n) is 1.43. The molecule has 0 fully saturated rings. The molecule has 0 aliphatic rings. The number of nitrogens with two attached hydrogens (primary N) is 1. The summed E-state index contributed by atoms with van der Waals surface area (Å²) in [6.45, 7) is 6.44. The molecule has 74 valence electrons. The average Bonchev–Trinajstić information content (AvgIpc) is 2.50. The molecule has 0 saturated heterocycles. The van der Waals surface area contributed by atoms with Crippen LogP contribution in [-0.4, -0.2) is 4.98 Å². The number of aromatic nitrogens is 1. The van der Waals surface area contributed by atoms with Crippen LogP contribution in [0, 0.1) is 0 Å². The van der Waals surface area contributed by atoms with Crippen LogP contribution < -0.4 is 5.73 Å². The third-order valence-corrected chi connectivity index (χ3v) is 2.33. The third kappa shape index (κ3) is 1.35. The van der Waals surface area contributed by atoms with Gasteiger partial charge in [-0.3, -0.25) is 0 Å². The van der Waals surface area contributed by atoms with E-state index in [4.69, 9.17) is 10.2 Å². The van der Waals surface area contributed by atoms with Gasteiger partial charge in [-0.05, 0) is 23.1 Å². The minimum Gasteiger partial charge on any atom is -0.441 e. The molecule has 0 aliphatic carbocycles. The lowest BCUT2D eigenvalue weighted by Gasteiger charge is -2.19. The Hall–Kier alpha value is -1.51. The van der Waals surface area contributed by atoms with E-state index < -0.39 is 0 Å². The first-order chi connectivity index (χ1) is 6.48. The zero-order valence-electron chi connectivity index (χ0n) is 8.66. The molecule has 2 rings (SSSR count). The molecular formula is C11H14N2O. The summed E-state index contributed by atoms with van der Waals surface area (Å²) in [6, 6.07) is 3.97. The first-order valence-electron chi connectivity index (χ1n) is 4.62. The number of fused-ring (bicyclic) bond motifs is 1. The van der Waals surface area contributed by atoms with Gasteiger partial charge in [0.1, 0.15) is 5.52 Å². The molecule has 0 radical (unpaired) electrons. The largest absolute Gasteiger partial charge is 0.441 e. The van der Waals surface area contributed by atoms with Crippen LogP contribution in [0.2, 0.25) is 0 Å². The Morgan fingerprint density at radius 3 is 2.64 bits per heavy atom. The fraction of sp³-hybridized carbons (Fsp3) is 0.364. The summed E-state index contributed by atoms with van der Waals surface area (Å²) in [5.41, 5.74) is 9.29. The summed E-state index contributed by atoms with van der Waals surface area (Å²) in [7, 11) is 0. The van der Waals surface area contributed by atoms with Gasteiger partial charge in [-0.1, -0.05) is 20.8 Å². The topological polar surface area (TPSA) is 52.0 Å². The highest BCUT2D eigenvalue weighted by Crippen LogP contribution is 2.29. The van der Waals surface area contributed by atoms with Gasteiger partial charge >= 0.3 is 0 Å². The van der Waals surface area contributed by atoms with E-state index in [0.717, 1.165) is 5.52 Å². The second-order valence-corrected chi connectivity index (χ2v) is 4.52. The van der Waals surface area contributed by atoms with Crippen LogP contribution in [0.4, 0.5) is 5.69 Å². The molecule has 0 atom stereocenters. The Morgan fingerprint density at radius 1 is 1.29 bits per heavy atom. The van der Waals surface area contributed by atoms with Gasteiger partial charge in [-0.25, -0.2) is 4.98 Å². The van der Waals surface area contributed by atoms with Crippen LogP contribution in [0.25, 0.3) is 11.1 Å². The van der Waals surface area contributed by atoms with E-state index in [1.54, 1.807) is 0 Å². The van der Waals surface area contributed by atoms with Crippen molar-refractivity contribution in [2.24, 2.45) is 0 Å². The lowest BCUT2D eigenvalue weighted by molar-refractivity contribution is 0.589. The van der Waals surface area contributed by atoms with E-state index in [0.29, 0.717) is 11.3 Å². The van der Waals surface area contributed by atoms with Crippen LogP contribution in [0.15, 0.2) is 22.9 Å². The molecule has 1 aromatic carbocycles. The van der Waals surface area contributed by atoms with E-state index in [1.807, 2.05) is 12.1 Å². The van der Waals surface area contributed by atoms with Crippen molar-refractivity contribution in [2.45, 2.75) is 26.2 Å². The van der Waals surface area contributed by atoms with Crippen LogP contribution >= 0.6 is 0 Å². The first kappa shape index (κ1) is 9.06. The number of rotatable bonds is 0. The zero-order valence-corrected chi connectivity index (χ0v) is 8.66. The summed E-state index contributed by atoms with van der Waals surface area (Å²) in [5.74, 6) is 0. The SMILES string of the molecule is CC(C)(C)c1cc(N)c2ocnc2c1. The normalized spacial score (nSPS) is 12.2. The van der Waals surface area contributed by atoms with Gasteiger partial charge in [-0.2, -0.15) is 0 Å². The Kier molecular flexibility index (Phi) is 1.77. The molecule has 0 aliphatic heterocycles. The smallest absolute Gasteiger partial charge is 0.182 e. The number of anilines is 1. The van der Waals surface area contributed by atoms with Crippen LogP contribution in [0.5, 0.6) is 0 Å². The molecule has 1 aromatic heterocycles. The number of hydrogen-bond donors (Lipinski definition) is 1. The molecule has 2 aromatic rings. The summed E-state index contributed by atoms with van der Waals surface area (Å²) in [6.07, 6.45) is 1.42. The van der Waals surface area contributed by atoms with Crippen molar-refractivity contribution < 1.29 is 4.42 Å². The van der Waals surface area contributed by atoms with E-state index in [1.165, 1.54) is 12.0 Å². The fourth-order valence-corrected chi connectivity index (χ4v) is 1.43. The molecule has 3 heteroatoms. The Bertz CT molecular complexity index is 466. The van der Waals surface area contributed by atoms with Gasteiger partial charge in [0.15, 0.2) is 12.0 Å². The van der Waals surface area contributed by atoms with Gasteiger partial charge in [0.2, 0.25) is 0 Å². The lowest BCUT2D eigenvalue weighted by Crippen LogP contribution is -2.11. The van der Waals surface area contributed by atoms with Crippen LogP contribution in [0.1, 0.15) is 26.3 Å². The molecule has 3 nitrogen and oxygen atoms in total. The van der Waals surface area contributed by atoms with Gasteiger partial charge < -0.3 is 10.2 Å². The minimum atomic E-state index is 0.0846. The maximum atomic E-state index is 5.86. The number of oxazole rings is 1. The molecule has 0 spiro atoms. The Labute approximate surface area is 82.9 Å². The molecule has 0 bridgehead atoms. The number of nitrogens with zero attached hydrogens (tertiary/aromatic N) is 1. The standard InChI is InChI=1S/C11H14N2O/c1-11(2,3)7-4-8(12)10-9(5-7)13-6-14-10/h4-6H,12H2,1-3H3. The van der Waals surface area contributed by atoms with Crippen molar-refractivity contribution in [2.75, 3.05) is 5.73 Å². The Balaban J connectivity index is 2.70. The van der Waals surface area contributed by atoms with Crippen LogP contribution in [0.3, 0.4) is 0 Å². The van der Waals surface area contributed by atoms with Crippen molar-refractivity contribution in [1.82, 2.24) is 4.98 Å². The van der Waals surface area contributed by atoms with Gasteiger partial charge in [-0.15, -0.1) is 0 Å². The highest BCUT2D eigenvalue weighted by atomic mass is 16.3. The van der Waals surface area contributed by atoms with Gasteiger partial charge in [0, 0.05) is 0 Å².